The Kier molecular flexibility index (Phi) is 4.29. The van der Waals surface area contributed by atoms with E-state index in [0.29, 0.717) is 22.5 Å². The third kappa shape index (κ3) is 3.12. The zero-order valence-electron chi connectivity index (χ0n) is 13.1. The molecule has 0 saturated heterocycles. The summed E-state index contributed by atoms with van der Waals surface area (Å²) in [5.41, 5.74) is 7.47. The summed E-state index contributed by atoms with van der Waals surface area (Å²) in [6, 6.07) is 11.4. The number of fused-ring (bicyclic) bond motifs is 1. The van der Waals surface area contributed by atoms with Gasteiger partial charge in [0.05, 0.1) is 10.6 Å². The average molecular weight is 356 g/mol. The van der Waals surface area contributed by atoms with Gasteiger partial charge in [0.1, 0.15) is 6.54 Å². The minimum Gasteiger partial charge on any atom is -0.366 e. The SMILES string of the molecule is C=C1c2ccccc2C(=O)N1CC(=O)Nc1ccc(C(N)=O)c(Cl)c1. The Morgan fingerprint density at radius 3 is 2.44 bits per heavy atom. The van der Waals surface area contributed by atoms with E-state index in [2.05, 4.69) is 11.9 Å². The van der Waals surface area contributed by atoms with Crippen LogP contribution in [0.15, 0.2) is 49.0 Å². The molecule has 3 amide bonds. The molecule has 1 aliphatic rings. The van der Waals surface area contributed by atoms with Crippen molar-refractivity contribution in [2.24, 2.45) is 5.73 Å². The van der Waals surface area contributed by atoms with Gasteiger partial charge < -0.3 is 11.1 Å². The number of nitrogens with one attached hydrogen (secondary N) is 1. The number of benzene rings is 2. The van der Waals surface area contributed by atoms with Crippen LogP contribution < -0.4 is 11.1 Å². The summed E-state index contributed by atoms with van der Waals surface area (Å²) in [6.07, 6.45) is 0. The Morgan fingerprint density at radius 2 is 1.84 bits per heavy atom. The van der Waals surface area contributed by atoms with Crippen LogP contribution in [-0.4, -0.2) is 29.2 Å². The van der Waals surface area contributed by atoms with Gasteiger partial charge in [-0.3, -0.25) is 19.3 Å². The van der Waals surface area contributed by atoms with Crippen molar-refractivity contribution in [3.8, 4) is 0 Å². The zero-order chi connectivity index (χ0) is 18.1. The van der Waals surface area contributed by atoms with Gasteiger partial charge in [-0.05, 0) is 24.3 Å². The Morgan fingerprint density at radius 1 is 1.16 bits per heavy atom. The van der Waals surface area contributed by atoms with Crippen molar-refractivity contribution in [3.05, 3.63) is 70.8 Å². The zero-order valence-corrected chi connectivity index (χ0v) is 13.8. The molecule has 7 heteroatoms. The van der Waals surface area contributed by atoms with Crippen molar-refractivity contribution in [1.82, 2.24) is 4.90 Å². The highest BCUT2D eigenvalue weighted by molar-refractivity contribution is 6.34. The van der Waals surface area contributed by atoms with E-state index in [4.69, 9.17) is 17.3 Å². The number of nitrogens with zero attached hydrogens (tertiary/aromatic N) is 1. The molecular formula is C18H14ClN3O3. The van der Waals surface area contributed by atoms with Gasteiger partial charge >= 0.3 is 0 Å². The molecule has 1 heterocycles. The topological polar surface area (TPSA) is 92.5 Å². The molecule has 0 unspecified atom stereocenters. The molecule has 0 saturated carbocycles. The molecule has 0 bridgehead atoms. The van der Waals surface area contributed by atoms with E-state index in [1.165, 1.54) is 23.1 Å². The van der Waals surface area contributed by atoms with E-state index in [1.54, 1.807) is 18.2 Å². The van der Waals surface area contributed by atoms with E-state index < -0.39 is 11.8 Å². The second kappa shape index (κ2) is 6.41. The Hall–Kier alpha value is -3.12. The molecule has 0 radical (unpaired) electrons. The fourth-order valence-corrected chi connectivity index (χ4v) is 2.91. The molecule has 1 aliphatic heterocycles. The maximum atomic E-state index is 12.4. The molecular weight excluding hydrogens is 342 g/mol. The smallest absolute Gasteiger partial charge is 0.259 e. The Labute approximate surface area is 148 Å². The first-order valence-corrected chi connectivity index (χ1v) is 7.75. The summed E-state index contributed by atoms with van der Waals surface area (Å²) in [7, 11) is 0. The number of primary amides is 1. The standard InChI is InChI=1S/C18H14ClN3O3/c1-10-12-4-2-3-5-13(12)18(25)22(10)9-16(23)21-11-6-7-14(17(20)24)15(19)8-11/h2-8H,1,9H2,(H2,20,24)(H,21,23). The summed E-state index contributed by atoms with van der Waals surface area (Å²) >= 11 is 5.95. The lowest BCUT2D eigenvalue weighted by atomic mass is 10.1. The van der Waals surface area contributed by atoms with Crippen molar-refractivity contribution < 1.29 is 14.4 Å². The summed E-state index contributed by atoms with van der Waals surface area (Å²) in [6.45, 7) is 3.71. The third-order valence-corrected chi connectivity index (χ3v) is 4.17. The van der Waals surface area contributed by atoms with E-state index in [0.717, 1.165) is 0 Å². The number of nitrogens with two attached hydrogens (primary N) is 1. The fourth-order valence-electron chi connectivity index (χ4n) is 2.64. The summed E-state index contributed by atoms with van der Waals surface area (Å²) in [4.78, 5) is 37.1. The number of amides is 3. The number of carbonyl (C=O) groups excluding carboxylic acids is 3. The molecule has 2 aromatic carbocycles. The normalized spacial score (nSPS) is 12.9. The van der Waals surface area contributed by atoms with E-state index in [1.807, 2.05) is 6.07 Å². The largest absolute Gasteiger partial charge is 0.366 e. The van der Waals surface area contributed by atoms with Gasteiger partial charge in [0.15, 0.2) is 0 Å². The first-order valence-electron chi connectivity index (χ1n) is 7.38. The Balaban J connectivity index is 1.72. The van der Waals surface area contributed by atoms with Crippen LogP contribution in [0.3, 0.4) is 0 Å². The fraction of sp³-hybridized carbons (Fsp3) is 0.0556. The lowest BCUT2D eigenvalue weighted by Crippen LogP contribution is -2.32. The molecule has 0 aliphatic carbocycles. The van der Waals surface area contributed by atoms with Crippen molar-refractivity contribution >= 4 is 40.7 Å². The van der Waals surface area contributed by atoms with E-state index in [9.17, 15) is 14.4 Å². The van der Waals surface area contributed by atoms with Gasteiger partial charge in [0, 0.05) is 22.5 Å². The molecule has 3 N–H and O–H groups in total. The first kappa shape index (κ1) is 16.7. The quantitative estimate of drug-likeness (QED) is 0.882. The number of anilines is 1. The lowest BCUT2D eigenvalue weighted by molar-refractivity contribution is -0.116. The van der Waals surface area contributed by atoms with Crippen LogP contribution >= 0.6 is 11.6 Å². The molecule has 6 nitrogen and oxygen atoms in total. The highest BCUT2D eigenvalue weighted by atomic mass is 35.5. The van der Waals surface area contributed by atoms with Gasteiger partial charge in [0.25, 0.3) is 5.91 Å². The molecule has 0 atom stereocenters. The van der Waals surface area contributed by atoms with Crippen molar-refractivity contribution in [2.45, 2.75) is 0 Å². The number of carbonyl (C=O) groups is 3. The molecule has 126 valence electrons. The van der Waals surface area contributed by atoms with Crippen LogP contribution in [0.5, 0.6) is 0 Å². The van der Waals surface area contributed by atoms with Crippen LogP contribution in [0.4, 0.5) is 5.69 Å². The number of hydrogen-bond donors (Lipinski definition) is 2. The molecule has 0 aromatic heterocycles. The van der Waals surface area contributed by atoms with Gasteiger partial charge in [-0.2, -0.15) is 0 Å². The van der Waals surface area contributed by atoms with Crippen LogP contribution in [-0.2, 0) is 4.79 Å². The third-order valence-electron chi connectivity index (χ3n) is 3.86. The van der Waals surface area contributed by atoms with Crippen LogP contribution in [0.2, 0.25) is 5.02 Å². The minimum atomic E-state index is -0.653. The summed E-state index contributed by atoms with van der Waals surface area (Å²) in [5.74, 6) is -1.33. The van der Waals surface area contributed by atoms with Crippen LogP contribution in [0.1, 0.15) is 26.3 Å². The van der Waals surface area contributed by atoms with Crippen molar-refractivity contribution in [2.75, 3.05) is 11.9 Å². The van der Waals surface area contributed by atoms with Gasteiger partial charge in [-0.15, -0.1) is 0 Å². The number of hydrogen-bond acceptors (Lipinski definition) is 3. The highest BCUT2D eigenvalue weighted by Crippen LogP contribution is 2.30. The predicted molar refractivity (Wildman–Crippen MR) is 95.1 cm³/mol. The number of rotatable bonds is 4. The monoisotopic (exact) mass is 355 g/mol. The highest BCUT2D eigenvalue weighted by Gasteiger charge is 2.31. The van der Waals surface area contributed by atoms with E-state index >= 15 is 0 Å². The van der Waals surface area contributed by atoms with Gasteiger partial charge in [-0.1, -0.05) is 36.4 Å². The maximum Gasteiger partial charge on any atom is 0.259 e. The Bertz CT molecular complexity index is 889. The maximum absolute atomic E-state index is 12.4. The summed E-state index contributed by atoms with van der Waals surface area (Å²) in [5, 5.41) is 2.77. The van der Waals surface area contributed by atoms with Crippen molar-refractivity contribution in [1.29, 1.82) is 0 Å². The predicted octanol–water partition coefficient (Wildman–Crippen LogP) is 2.50. The molecule has 25 heavy (non-hydrogen) atoms. The van der Waals surface area contributed by atoms with E-state index in [-0.39, 0.29) is 23.0 Å². The van der Waals surface area contributed by atoms with Crippen LogP contribution in [0, 0.1) is 0 Å². The first-order chi connectivity index (χ1) is 11.9. The van der Waals surface area contributed by atoms with Crippen LogP contribution in [0.25, 0.3) is 5.70 Å². The average Bonchev–Trinajstić information content (AvgIpc) is 2.80. The second-order valence-corrected chi connectivity index (χ2v) is 5.90. The lowest BCUT2D eigenvalue weighted by Gasteiger charge is -2.17. The molecule has 2 aromatic rings. The molecule has 3 rings (SSSR count). The molecule has 0 spiro atoms. The number of halogens is 1. The minimum absolute atomic E-state index is 0.138. The van der Waals surface area contributed by atoms with Crippen molar-refractivity contribution in [3.63, 3.8) is 0 Å². The van der Waals surface area contributed by atoms with Gasteiger partial charge in [0.2, 0.25) is 11.8 Å². The second-order valence-electron chi connectivity index (χ2n) is 5.49. The summed E-state index contributed by atoms with van der Waals surface area (Å²) < 4.78 is 0. The van der Waals surface area contributed by atoms with Gasteiger partial charge in [-0.25, -0.2) is 0 Å². The molecule has 0 fully saturated rings.